The molecule has 0 bridgehead atoms. The summed E-state index contributed by atoms with van der Waals surface area (Å²) in [6.07, 6.45) is -0.0224. The molecule has 1 heterocycles. The van der Waals surface area contributed by atoms with E-state index in [9.17, 15) is 18.3 Å². The van der Waals surface area contributed by atoms with E-state index in [1.165, 1.54) is 24.3 Å². The lowest BCUT2D eigenvalue weighted by atomic mass is 10.0. The van der Waals surface area contributed by atoms with Crippen molar-refractivity contribution >= 4 is 38.5 Å². The van der Waals surface area contributed by atoms with Crippen molar-refractivity contribution < 1.29 is 23.1 Å². The van der Waals surface area contributed by atoms with Crippen LogP contribution in [0.25, 0.3) is 10.9 Å². The molecule has 0 radical (unpaired) electrons. The number of hydrogen-bond donors (Lipinski definition) is 2. The zero-order valence-corrected chi connectivity index (χ0v) is 22.5. The first-order chi connectivity index (χ1) is 18.2. The van der Waals surface area contributed by atoms with E-state index in [1.807, 2.05) is 55.5 Å². The molecule has 0 saturated heterocycles. The lowest BCUT2D eigenvalue weighted by Gasteiger charge is -2.16. The second kappa shape index (κ2) is 11.7. The van der Waals surface area contributed by atoms with Crippen molar-refractivity contribution in [1.82, 2.24) is 9.29 Å². The van der Waals surface area contributed by atoms with Gasteiger partial charge in [0.1, 0.15) is 18.4 Å². The first kappa shape index (κ1) is 27.3. The summed E-state index contributed by atoms with van der Waals surface area (Å²) in [5.41, 5.74) is 3.61. The molecule has 7 nitrogen and oxygen atoms in total. The predicted octanol–water partition coefficient (Wildman–Crippen LogP) is 5.03. The Labute approximate surface area is 227 Å². The number of aliphatic carboxylic acids is 1. The number of sulfonamides is 1. The van der Waals surface area contributed by atoms with E-state index in [-0.39, 0.29) is 17.9 Å². The summed E-state index contributed by atoms with van der Waals surface area (Å²) in [5.74, 6) is 4.68. The number of hydrogen-bond acceptors (Lipinski definition) is 4. The highest BCUT2D eigenvalue weighted by Crippen LogP contribution is 2.29. The minimum atomic E-state index is -4.11. The molecule has 1 aromatic heterocycles. The number of fused-ring (bicyclic) bond motifs is 1. The minimum Gasteiger partial charge on any atom is -0.481 e. The molecule has 196 valence electrons. The van der Waals surface area contributed by atoms with Crippen LogP contribution in [0.15, 0.2) is 77.7 Å². The first-order valence-electron chi connectivity index (χ1n) is 11.9. The van der Waals surface area contributed by atoms with Crippen LogP contribution in [0, 0.1) is 18.8 Å². The van der Waals surface area contributed by atoms with Gasteiger partial charge in [-0.15, -0.1) is 5.92 Å². The van der Waals surface area contributed by atoms with Gasteiger partial charge in [-0.25, -0.2) is 8.42 Å². The summed E-state index contributed by atoms with van der Waals surface area (Å²) >= 11 is 6.03. The lowest BCUT2D eigenvalue weighted by molar-refractivity contribution is -0.138. The SMILES string of the molecule is CC#CCOc1ccc(S(=O)(=O)N[C@@H](Cc2c(C)n(Cc3ccc(Cl)cc3)c3ccccc23)C(=O)O)cc1. The van der Waals surface area contributed by atoms with Crippen molar-refractivity contribution in [3.8, 4) is 17.6 Å². The van der Waals surface area contributed by atoms with E-state index in [0.29, 0.717) is 17.3 Å². The molecule has 9 heteroatoms. The zero-order chi connectivity index (χ0) is 27.3. The van der Waals surface area contributed by atoms with Crippen LogP contribution in [0.2, 0.25) is 5.02 Å². The summed E-state index contributed by atoms with van der Waals surface area (Å²) < 4.78 is 36.1. The molecule has 0 unspecified atom stereocenters. The molecule has 0 aliphatic carbocycles. The fourth-order valence-electron chi connectivity index (χ4n) is 4.28. The van der Waals surface area contributed by atoms with Crippen LogP contribution in [0.3, 0.4) is 0 Å². The van der Waals surface area contributed by atoms with Crippen molar-refractivity contribution in [2.24, 2.45) is 0 Å². The molecule has 3 aromatic carbocycles. The van der Waals surface area contributed by atoms with Gasteiger partial charge in [0.2, 0.25) is 10.0 Å². The number of nitrogens with one attached hydrogen (secondary N) is 1. The molecular formula is C29H27ClN2O5S. The Kier molecular flexibility index (Phi) is 8.42. The highest BCUT2D eigenvalue weighted by molar-refractivity contribution is 7.89. The van der Waals surface area contributed by atoms with Gasteiger partial charge in [0.25, 0.3) is 0 Å². The lowest BCUT2D eigenvalue weighted by Crippen LogP contribution is -2.42. The van der Waals surface area contributed by atoms with Gasteiger partial charge in [-0.1, -0.05) is 47.9 Å². The second-order valence-electron chi connectivity index (χ2n) is 8.70. The summed E-state index contributed by atoms with van der Waals surface area (Å²) in [4.78, 5) is 12.2. The number of carboxylic acids is 1. The number of aromatic nitrogens is 1. The molecule has 4 rings (SSSR count). The average Bonchev–Trinajstić information content (AvgIpc) is 3.16. The van der Waals surface area contributed by atoms with Crippen LogP contribution in [0.1, 0.15) is 23.7 Å². The Hall–Kier alpha value is -3.77. The smallest absolute Gasteiger partial charge is 0.322 e. The molecule has 0 aliphatic heterocycles. The number of ether oxygens (including phenoxy) is 1. The van der Waals surface area contributed by atoms with Crippen molar-refractivity contribution in [2.45, 2.75) is 37.8 Å². The summed E-state index contributed by atoms with van der Waals surface area (Å²) in [6, 6.07) is 19.6. The van der Waals surface area contributed by atoms with Crippen molar-refractivity contribution in [2.75, 3.05) is 6.61 Å². The highest BCUT2D eigenvalue weighted by atomic mass is 35.5. The zero-order valence-electron chi connectivity index (χ0n) is 20.9. The minimum absolute atomic E-state index is 0.0224. The summed E-state index contributed by atoms with van der Waals surface area (Å²) in [7, 11) is -4.11. The molecule has 0 fully saturated rings. The van der Waals surface area contributed by atoms with Gasteiger partial charge >= 0.3 is 5.97 Å². The number of para-hydroxylation sites is 1. The van der Waals surface area contributed by atoms with Crippen LogP contribution in [-0.4, -0.2) is 36.7 Å². The number of nitrogens with zero attached hydrogens (tertiary/aromatic N) is 1. The van der Waals surface area contributed by atoms with Gasteiger partial charge in [0, 0.05) is 34.6 Å². The molecule has 0 spiro atoms. The average molecular weight is 551 g/mol. The van der Waals surface area contributed by atoms with Gasteiger partial charge in [-0.2, -0.15) is 4.72 Å². The standard InChI is InChI=1S/C29H27ClN2O5S/c1-3-4-17-37-23-13-15-24(16-14-23)38(35,36)31-27(29(33)34)18-26-20(2)32(28-8-6-5-7-25(26)28)19-21-9-11-22(30)12-10-21/h5-16,27,31H,17-19H2,1-2H3,(H,33,34)/t27-/m0/s1. The van der Waals surface area contributed by atoms with Crippen molar-refractivity contribution in [3.63, 3.8) is 0 Å². The third-order valence-corrected chi connectivity index (χ3v) is 7.98. The third kappa shape index (κ3) is 6.20. The molecule has 0 saturated carbocycles. The third-order valence-electron chi connectivity index (χ3n) is 6.24. The number of benzene rings is 3. The van der Waals surface area contributed by atoms with E-state index >= 15 is 0 Å². The van der Waals surface area contributed by atoms with Crippen LogP contribution in [0.5, 0.6) is 5.75 Å². The Bertz CT molecular complexity index is 1620. The van der Waals surface area contributed by atoms with Crippen molar-refractivity contribution in [1.29, 1.82) is 0 Å². The maximum absolute atomic E-state index is 13.1. The first-order valence-corrected chi connectivity index (χ1v) is 13.7. The van der Waals surface area contributed by atoms with Crippen LogP contribution in [-0.2, 0) is 27.8 Å². The maximum Gasteiger partial charge on any atom is 0.322 e. The van der Waals surface area contributed by atoms with Gasteiger partial charge in [-0.05, 0) is 67.4 Å². The molecule has 38 heavy (non-hydrogen) atoms. The Balaban J connectivity index is 1.61. The Morgan fingerprint density at radius 3 is 2.42 bits per heavy atom. The predicted molar refractivity (Wildman–Crippen MR) is 148 cm³/mol. The van der Waals surface area contributed by atoms with Gasteiger partial charge in [0.05, 0.1) is 4.90 Å². The van der Waals surface area contributed by atoms with E-state index in [2.05, 4.69) is 21.1 Å². The van der Waals surface area contributed by atoms with E-state index in [1.54, 1.807) is 6.92 Å². The van der Waals surface area contributed by atoms with Crippen LogP contribution < -0.4 is 9.46 Å². The quantitative estimate of drug-likeness (QED) is 0.270. The molecule has 0 amide bonds. The van der Waals surface area contributed by atoms with Crippen LogP contribution >= 0.6 is 11.6 Å². The molecule has 4 aromatic rings. The Morgan fingerprint density at radius 1 is 1.08 bits per heavy atom. The number of carboxylic acid groups (broad SMARTS) is 1. The second-order valence-corrected chi connectivity index (χ2v) is 10.8. The normalized spacial score (nSPS) is 12.1. The summed E-state index contributed by atoms with van der Waals surface area (Å²) in [6.45, 7) is 4.36. The Morgan fingerprint density at radius 2 is 1.76 bits per heavy atom. The molecular weight excluding hydrogens is 524 g/mol. The molecule has 0 aliphatic rings. The van der Waals surface area contributed by atoms with Crippen LogP contribution in [0.4, 0.5) is 0 Å². The monoisotopic (exact) mass is 550 g/mol. The maximum atomic E-state index is 13.1. The van der Waals surface area contributed by atoms with E-state index in [0.717, 1.165) is 27.7 Å². The fourth-order valence-corrected chi connectivity index (χ4v) is 5.60. The van der Waals surface area contributed by atoms with Crippen molar-refractivity contribution in [3.05, 3.63) is 94.6 Å². The van der Waals surface area contributed by atoms with Gasteiger partial charge in [-0.3, -0.25) is 4.79 Å². The largest absolute Gasteiger partial charge is 0.481 e. The van der Waals surface area contributed by atoms with E-state index < -0.39 is 22.0 Å². The number of carbonyl (C=O) groups is 1. The highest BCUT2D eigenvalue weighted by Gasteiger charge is 2.28. The number of rotatable bonds is 10. The van der Waals surface area contributed by atoms with E-state index in [4.69, 9.17) is 16.3 Å². The molecule has 2 N–H and O–H groups in total. The molecule has 1 atom stereocenters. The topological polar surface area (TPSA) is 97.6 Å². The number of halogens is 1. The fraction of sp³-hybridized carbons (Fsp3) is 0.207. The van der Waals surface area contributed by atoms with Gasteiger partial charge < -0.3 is 14.4 Å². The summed E-state index contributed by atoms with van der Waals surface area (Å²) in [5, 5.41) is 11.5. The van der Waals surface area contributed by atoms with Gasteiger partial charge in [0.15, 0.2) is 0 Å².